The minimum Gasteiger partial charge on any atom is -0.459 e. The lowest BCUT2D eigenvalue weighted by Crippen LogP contribution is -2.09. The second-order valence-electron chi connectivity index (χ2n) is 5.22. The third-order valence-corrected chi connectivity index (χ3v) is 5.19. The van der Waals surface area contributed by atoms with Gasteiger partial charge in [-0.05, 0) is 30.7 Å². The number of benzene rings is 1. The number of hydrogen-bond acceptors (Lipinski definition) is 7. The van der Waals surface area contributed by atoms with E-state index in [9.17, 15) is 4.79 Å². The van der Waals surface area contributed by atoms with Crippen molar-refractivity contribution in [3.63, 3.8) is 0 Å². The lowest BCUT2D eigenvalue weighted by molar-refractivity contribution is 0.0393. The summed E-state index contributed by atoms with van der Waals surface area (Å²) in [5.41, 5.74) is 1.70. The number of carbonyl (C=O) groups excluding carboxylic acids is 1. The lowest BCUT2D eigenvalue weighted by atomic mass is 10.2. The minimum absolute atomic E-state index is 0.220. The molecule has 3 rings (SSSR count). The van der Waals surface area contributed by atoms with Crippen molar-refractivity contribution in [3.05, 3.63) is 45.5 Å². The number of esters is 1. The molecule has 6 nitrogen and oxygen atoms in total. The van der Waals surface area contributed by atoms with E-state index < -0.39 is 0 Å². The van der Waals surface area contributed by atoms with Crippen LogP contribution in [0.5, 0.6) is 0 Å². The first-order valence-electron chi connectivity index (χ1n) is 7.53. The van der Waals surface area contributed by atoms with Crippen LogP contribution in [0, 0.1) is 6.92 Å². The Morgan fingerprint density at radius 2 is 2.16 bits per heavy atom. The molecule has 0 amide bonds. The third-order valence-electron chi connectivity index (χ3n) is 3.52. The van der Waals surface area contributed by atoms with Crippen molar-refractivity contribution in [2.75, 3.05) is 25.6 Å². The fourth-order valence-corrected chi connectivity index (χ4v) is 3.79. The Bertz CT molecular complexity index is 913. The number of aryl methyl sites for hydroxylation is 1. The lowest BCUT2D eigenvalue weighted by Gasteiger charge is -2.07. The molecule has 0 unspecified atom stereocenters. The largest absolute Gasteiger partial charge is 0.459 e. The number of aromatic nitrogens is 2. The van der Waals surface area contributed by atoms with E-state index in [1.54, 1.807) is 7.11 Å². The van der Waals surface area contributed by atoms with Gasteiger partial charge < -0.3 is 14.8 Å². The molecule has 25 heavy (non-hydrogen) atoms. The van der Waals surface area contributed by atoms with E-state index in [0.29, 0.717) is 17.3 Å². The molecular weight excluding hydrogens is 406 g/mol. The van der Waals surface area contributed by atoms with Crippen molar-refractivity contribution in [1.82, 2.24) is 9.97 Å². The average molecular weight is 422 g/mol. The Kier molecular flexibility index (Phi) is 5.62. The summed E-state index contributed by atoms with van der Waals surface area (Å²) >= 11 is 4.75. The van der Waals surface area contributed by atoms with Gasteiger partial charge in [-0.1, -0.05) is 22.0 Å². The first-order chi connectivity index (χ1) is 12.1. The number of methoxy groups -OCH3 is 1. The van der Waals surface area contributed by atoms with Crippen molar-refractivity contribution in [1.29, 1.82) is 0 Å². The Morgan fingerprint density at radius 3 is 2.92 bits per heavy atom. The molecule has 0 saturated carbocycles. The van der Waals surface area contributed by atoms with Crippen LogP contribution in [-0.4, -0.2) is 36.3 Å². The zero-order valence-electron chi connectivity index (χ0n) is 13.7. The Morgan fingerprint density at radius 1 is 1.32 bits per heavy atom. The molecule has 0 fully saturated rings. The van der Waals surface area contributed by atoms with E-state index in [-0.39, 0.29) is 12.6 Å². The number of fused-ring (bicyclic) bond motifs is 1. The summed E-state index contributed by atoms with van der Waals surface area (Å²) < 4.78 is 11.1. The van der Waals surface area contributed by atoms with Crippen molar-refractivity contribution in [2.45, 2.75) is 6.92 Å². The van der Waals surface area contributed by atoms with Crippen LogP contribution in [0.15, 0.2) is 35.1 Å². The SMILES string of the molecule is COCCOC(=O)c1sc2ncnc(Nc3cccc(Br)c3)c2c1C. The van der Waals surface area contributed by atoms with Crippen LogP contribution in [0.3, 0.4) is 0 Å². The van der Waals surface area contributed by atoms with Crippen LogP contribution in [0.1, 0.15) is 15.2 Å². The van der Waals surface area contributed by atoms with Gasteiger partial charge in [0.25, 0.3) is 0 Å². The van der Waals surface area contributed by atoms with Crippen LogP contribution in [-0.2, 0) is 9.47 Å². The molecule has 130 valence electrons. The van der Waals surface area contributed by atoms with Gasteiger partial charge >= 0.3 is 5.97 Å². The number of halogens is 1. The maximum Gasteiger partial charge on any atom is 0.348 e. The molecule has 1 N–H and O–H groups in total. The molecule has 2 aromatic heterocycles. The quantitative estimate of drug-likeness (QED) is 0.472. The maximum atomic E-state index is 12.3. The number of nitrogens with one attached hydrogen (secondary N) is 1. The van der Waals surface area contributed by atoms with E-state index in [1.807, 2.05) is 31.2 Å². The fourth-order valence-electron chi connectivity index (χ4n) is 2.35. The average Bonchev–Trinajstić information content (AvgIpc) is 2.93. The summed E-state index contributed by atoms with van der Waals surface area (Å²) in [7, 11) is 1.56. The van der Waals surface area contributed by atoms with Crippen molar-refractivity contribution in [3.8, 4) is 0 Å². The fraction of sp³-hybridized carbons (Fsp3) is 0.235. The molecule has 0 spiro atoms. The molecule has 0 atom stereocenters. The summed E-state index contributed by atoms with van der Waals surface area (Å²) in [6, 6.07) is 7.78. The highest BCUT2D eigenvalue weighted by molar-refractivity contribution is 9.10. The predicted octanol–water partition coefficient (Wildman–Crippen LogP) is 4.31. The molecule has 0 radical (unpaired) electrons. The topological polar surface area (TPSA) is 73.3 Å². The minimum atomic E-state index is -0.369. The molecule has 1 aromatic carbocycles. The summed E-state index contributed by atoms with van der Waals surface area (Å²) in [6.45, 7) is 2.46. The maximum absolute atomic E-state index is 12.3. The molecule has 0 bridgehead atoms. The monoisotopic (exact) mass is 421 g/mol. The van der Waals surface area contributed by atoms with Crippen molar-refractivity contribution < 1.29 is 14.3 Å². The van der Waals surface area contributed by atoms with Crippen molar-refractivity contribution in [2.24, 2.45) is 0 Å². The normalized spacial score (nSPS) is 10.8. The summed E-state index contributed by atoms with van der Waals surface area (Å²) in [6.07, 6.45) is 1.48. The zero-order chi connectivity index (χ0) is 17.8. The standard InChI is InChI=1S/C17H16BrN3O3S/c1-10-13-15(21-12-5-3-4-11(18)8-12)19-9-20-16(13)25-14(10)17(22)24-7-6-23-2/h3-5,8-9H,6-7H2,1-2H3,(H,19,20,21). The van der Waals surface area contributed by atoms with Gasteiger partial charge in [-0.2, -0.15) is 0 Å². The van der Waals surface area contributed by atoms with Gasteiger partial charge in [-0.15, -0.1) is 11.3 Å². The van der Waals surface area contributed by atoms with E-state index >= 15 is 0 Å². The summed E-state index contributed by atoms with van der Waals surface area (Å²) in [4.78, 5) is 22.2. The number of thiophene rings is 1. The number of carbonyl (C=O) groups is 1. The highest BCUT2D eigenvalue weighted by Gasteiger charge is 2.20. The first kappa shape index (κ1) is 17.8. The highest BCUT2D eigenvalue weighted by Crippen LogP contribution is 2.35. The predicted molar refractivity (Wildman–Crippen MR) is 102 cm³/mol. The van der Waals surface area contributed by atoms with E-state index in [2.05, 4.69) is 31.2 Å². The Labute approximate surface area is 157 Å². The van der Waals surface area contributed by atoms with Crippen LogP contribution in [0.2, 0.25) is 0 Å². The molecule has 0 aliphatic carbocycles. The van der Waals surface area contributed by atoms with Gasteiger partial charge in [0.15, 0.2) is 0 Å². The van der Waals surface area contributed by atoms with Crippen LogP contribution >= 0.6 is 27.3 Å². The van der Waals surface area contributed by atoms with Gasteiger partial charge in [0.05, 0.1) is 12.0 Å². The smallest absolute Gasteiger partial charge is 0.348 e. The van der Waals surface area contributed by atoms with Crippen molar-refractivity contribution >= 4 is 55.0 Å². The van der Waals surface area contributed by atoms with E-state index in [0.717, 1.165) is 25.9 Å². The van der Waals surface area contributed by atoms with Gasteiger partial charge in [-0.3, -0.25) is 0 Å². The second-order valence-corrected chi connectivity index (χ2v) is 7.14. The number of anilines is 2. The Hall–Kier alpha value is -2.03. The molecule has 0 aliphatic heterocycles. The molecule has 2 heterocycles. The second kappa shape index (κ2) is 7.90. The van der Waals surface area contributed by atoms with E-state index in [1.165, 1.54) is 17.7 Å². The molecular formula is C17H16BrN3O3S. The number of hydrogen-bond donors (Lipinski definition) is 1. The highest BCUT2D eigenvalue weighted by atomic mass is 79.9. The molecule has 8 heteroatoms. The van der Waals surface area contributed by atoms with E-state index in [4.69, 9.17) is 9.47 Å². The van der Waals surface area contributed by atoms with Gasteiger partial charge in [0.2, 0.25) is 0 Å². The molecule has 0 aliphatic rings. The summed E-state index contributed by atoms with van der Waals surface area (Å²) in [5.74, 6) is 0.291. The van der Waals surface area contributed by atoms with Gasteiger partial charge in [-0.25, -0.2) is 14.8 Å². The van der Waals surface area contributed by atoms with Gasteiger partial charge in [0, 0.05) is 17.3 Å². The zero-order valence-corrected chi connectivity index (χ0v) is 16.1. The molecule has 0 saturated heterocycles. The number of ether oxygens (including phenoxy) is 2. The third kappa shape index (κ3) is 3.97. The first-order valence-corrected chi connectivity index (χ1v) is 9.14. The Balaban J connectivity index is 1.94. The van der Waals surface area contributed by atoms with Gasteiger partial charge in [0.1, 0.15) is 28.5 Å². The molecule has 3 aromatic rings. The number of rotatable bonds is 6. The van der Waals surface area contributed by atoms with Crippen LogP contribution < -0.4 is 5.32 Å². The summed E-state index contributed by atoms with van der Waals surface area (Å²) in [5, 5.41) is 4.11. The number of nitrogens with zero attached hydrogens (tertiary/aromatic N) is 2. The van der Waals surface area contributed by atoms with Crippen LogP contribution in [0.4, 0.5) is 11.5 Å². The van der Waals surface area contributed by atoms with Crippen LogP contribution in [0.25, 0.3) is 10.2 Å².